The quantitative estimate of drug-likeness (QED) is 0.470. The van der Waals surface area contributed by atoms with E-state index in [-0.39, 0.29) is 18.3 Å². The molecule has 0 aromatic carbocycles. The molecule has 1 saturated heterocycles. The van der Waals surface area contributed by atoms with Crippen molar-refractivity contribution < 1.29 is 0 Å². The number of thiophene rings is 1. The molecule has 8 heteroatoms. The van der Waals surface area contributed by atoms with Gasteiger partial charge in [0.05, 0.1) is 16.8 Å². The van der Waals surface area contributed by atoms with Gasteiger partial charge in [-0.2, -0.15) is 5.10 Å². The van der Waals surface area contributed by atoms with E-state index in [0.29, 0.717) is 0 Å². The molecule has 5 heterocycles. The topological polar surface area (TPSA) is 76.0 Å². The molecular formula is C21H20BN5OS. The molecule has 0 spiro atoms. The van der Waals surface area contributed by atoms with E-state index in [0.717, 1.165) is 63.0 Å². The number of hydrogen-bond acceptors (Lipinski definition) is 5. The Balaban J connectivity index is 1.55. The fraction of sp³-hybridized carbons (Fsp3) is 0.333. The summed E-state index contributed by atoms with van der Waals surface area (Å²) >= 11 is 1.50. The Morgan fingerprint density at radius 1 is 1.28 bits per heavy atom. The molecule has 1 aliphatic rings. The van der Waals surface area contributed by atoms with Crippen LogP contribution in [-0.4, -0.2) is 25.9 Å². The van der Waals surface area contributed by atoms with Crippen LogP contribution in [0, 0.1) is 25.1 Å². The fourth-order valence-corrected chi connectivity index (χ4v) is 5.35. The summed E-state index contributed by atoms with van der Waals surface area (Å²) in [6, 6.07) is 6.30. The predicted molar refractivity (Wildman–Crippen MR) is 117 cm³/mol. The third-order valence-electron chi connectivity index (χ3n) is 5.86. The van der Waals surface area contributed by atoms with Gasteiger partial charge in [-0.05, 0) is 50.5 Å². The van der Waals surface area contributed by atoms with Crippen molar-refractivity contribution in [3.63, 3.8) is 0 Å². The van der Waals surface area contributed by atoms with E-state index in [1.54, 1.807) is 0 Å². The molecule has 4 aromatic rings. The molecule has 1 aliphatic heterocycles. The van der Waals surface area contributed by atoms with E-state index in [1.165, 1.54) is 11.3 Å². The number of rotatable bonds is 2. The summed E-state index contributed by atoms with van der Waals surface area (Å²) in [7, 11) is 0. The Labute approximate surface area is 172 Å². The lowest BCUT2D eigenvalue weighted by Gasteiger charge is -2.25. The van der Waals surface area contributed by atoms with Crippen molar-refractivity contribution in [3.8, 4) is 16.5 Å². The van der Waals surface area contributed by atoms with Crippen LogP contribution in [0.2, 0.25) is 12.6 Å². The number of nitrogens with zero attached hydrogens (tertiary/aromatic N) is 5. The van der Waals surface area contributed by atoms with Crippen LogP contribution in [0.3, 0.4) is 0 Å². The second-order valence-corrected chi connectivity index (χ2v) is 8.97. The lowest BCUT2D eigenvalue weighted by Crippen LogP contribution is -2.29. The summed E-state index contributed by atoms with van der Waals surface area (Å²) in [5, 5.41) is 14.8. The molecule has 0 bridgehead atoms. The first-order valence-electron chi connectivity index (χ1n) is 9.92. The minimum absolute atomic E-state index is 0.0652. The SMILES string of the molecule is Cc1cn2nc(-c3cc4ccn(C5CCB(C#N)CC5)c(=O)c4s3)cc(C)c2n1. The number of hydrogen-bond donors (Lipinski definition) is 0. The lowest BCUT2D eigenvalue weighted by molar-refractivity contribution is 0.445. The van der Waals surface area contributed by atoms with E-state index in [4.69, 9.17) is 10.4 Å². The fourth-order valence-electron chi connectivity index (χ4n) is 4.30. The van der Waals surface area contributed by atoms with Crippen LogP contribution in [0.15, 0.2) is 35.4 Å². The monoisotopic (exact) mass is 401 g/mol. The second kappa shape index (κ2) is 6.85. The average molecular weight is 401 g/mol. The molecule has 5 rings (SSSR count). The van der Waals surface area contributed by atoms with Crippen LogP contribution in [0.1, 0.15) is 30.1 Å². The number of aryl methyl sites for hydroxylation is 2. The second-order valence-electron chi connectivity index (χ2n) is 7.92. The Morgan fingerprint density at radius 2 is 2.07 bits per heavy atom. The van der Waals surface area contributed by atoms with Crippen LogP contribution in [0.4, 0.5) is 0 Å². The van der Waals surface area contributed by atoms with Gasteiger partial charge in [0.2, 0.25) is 0 Å². The maximum Gasteiger partial charge on any atom is 0.268 e. The zero-order valence-electron chi connectivity index (χ0n) is 16.4. The van der Waals surface area contributed by atoms with Crippen molar-refractivity contribution in [3.05, 3.63) is 52.2 Å². The number of fused-ring (bicyclic) bond motifs is 2. The van der Waals surface area contributed by atoms with Gasteiger partial charge in [0, 0.05) is 23.6 Å². The molecule has 6 nitrogen and oxygen atoms in total. The predicted octanol–water partition coefficient (Wildman–Crippen LogP) is 4.28. The van der Waals surface area contributed by atoms with Gasteiger partial charge in [0.25, 0.3) is 12.3 Å². The Kier molecular flexibility index (Phi) is 4.28. The smallest absolute Gasteiger partial charge is 0.268 e. The molecular weight excluding hydrogens is 381 g/mol. The zero-order valence-corrected chi connectivity index (χ0v) is 17.2. The standard InChI is InChI=1S/C21H20BN5OS/c1-13-9-17(25-27-11-14(2)24-20(13)27)18-10-15-5-8-26(21(28)19(15)29-18)16-3-6-22(12-23)7-4-16/h5,8-11,16H,3-4,6-7H2,1-2H3. The lowest BCUT2D eigenvalue weighted by atomic mass is 9.42. The van der Waals surface area contributed by atoms with Crippen LogP contribution in [-0.2, 0) is 0 Å². The first kappa shape index (κ1) is 18.1. The molecule has 0 saturated carbocycles. The van der Waals surface area contributed by atoms with Crippen molar-refractivity contribution in [1.82, 2.24) is 19.2 Å². The minimum Gasteiger partial charge on any atom is -0.311 e. The molecule has 0 aliphatic carbocycles. The molecule has 144 valence electrons. The highest BCUT2D eigenvalue weighted by Crippen LogP contribution is 2.33. The van der Waals surface area contributed by atoms with Gasteiger partial charge in [0.15, 0.2) is 5.65 Å². The van der Waals surface area contributed by atoms with E-state index >= 15 is 0 Å². The van der Waals surface area contributed by atoms with Crippen molar-refractivity contribution in [1.29, 1.82) is 5.26 Å². The Morgan fingerprint density at radius 3 is 2.83 bits per heavy atom. The van der Waals surface area contributed by atoms with Crippen LogP contribution in [0.25, 0.3) is 26.3 Å². The third-order valence-corrected chi connectivity index (χ3v) is 7.02. The maximum atomic E-state index is 13.2. The zero-order chi connectivity index (χ0) is 20.1. The van der Waals surface area contributed by atoms with Gasteiger partial charge >= 0.3 is 0 Å². The molecule has 0 amide bonds. The summed E-state index contributed by atoms with van der Waals surface area (Å²) < 4.78 is 4.46. The highest BCUT2D eigenvalue weighted by atomic mass is 32.1. The maximum absolute atomic E-state index is 13.2. The first-order chi connectivity index (χ1) is 14.0. The Hall–Kier alpha value is -2.92. The van der Waals surface area contributed by atoms with Crippen molar-refractivity contribution in [2.24, 2.45) is 0 Å². The molecule has 0 radical (unpaired) electrons. The van der Waals surface area contributed by atoms with E-state index < -0.39 is 0 Å². The molecule has 1 fully saturated rings. The molecule has 4 aromatic heterocycles. The summed E-state index contributed by atoms with van der Waals surface area (Å²) in [6.45, 7) is 4.13. The first-order valence-corrected chi connectivity index (χ1v) is 10.7. The van der Waals surface area contributed by atoms with Gasteiger partial charge in [-0.1, -0.05) is 12.6 Å². The number of nitriles is 1. The molecule has 0 unspecified atom stereocenters. The molecule has 0 N–H and O–H groups in total. The summed E-state index contributed by atoms with van der Waals surface area (Å²) in [4.78, 5) is 18.7. The number of imidazole rings is 1. The van der Waals surface area contributed by atoms with Crippen LogP contribution in [0.5, 0.6) is 0 Å². The van der Waals surface area contributed by atoms with E-state index in [1.807, 2.05) is 47.5 Å². The largest absolute Gasteiger partial charge is 0.311 e. The Bertz CT molecular complexity index is 1340. The average Bonchev–Trinajstić information content (AvgIpc) is 3.32. The molecule has 0 atom stereocenters. The highest BCUT2D eigenvalue weighted by Gasteiger charge is 2.26. The van der Waals surface area contributed by atoms with Gasteiger partial charge in [-0.15, -0.1) is 11.3 Å². The normalized spacial score (nSPS) is 15.3. The van der Waals surface area contributed by atoms with Gasteiger partial charge in [0.1, 0.15) is 10.4 Å². The highest BCUT2D eigenvalue weighted by molar-refractivity contribution is 7.22. The van der Waals surface area contributed by atoms with E-state index in [2.05, 4.69) is 17.0 Å². The van der Waals surface area contributed by atoms with Crippen molar-refractivity contribution in [2.75, 3.05) is 0 Å². The van der Waals surface area contributed by atoms with Crippen LogP contribution >= 0.6 is 11.3 Å². The van der Waals surface area contributed by atoms with Gasteiger partial charge in [-0.25, -0.2) is 14.8 Å². The van der Waals surface area contributed by atoms with Crippen molar-refractivity contribution in [2.45, 2.75) is 45.4 Å². The summed E-state index contributed by atoms with van der Waals surface area (Å²) in [5.41, 5.74) is 3.78. The molecule has 29 heavy (non-hydrogen) atoms. The van der Waals surface area contributed by atoms with Crippen molar-refractivity contribution >= 4 is 33.8 Å². The van der Waals surface area contributed by atoms with E-state index in [9.17, 15) is 4.79 Å². The third kappa shape index (κ3) is 3.06. The number of aromatic nitrogens is 4. The van der Waals surface area contributed by atoms with Gasteiger partial charge in [-0.3, -0.25) is 4.79 Å². The summed E-state index contributed by atoms with van der Waals surface area (Å²) in [6.07, 6.45) is 7.35. The number of pyridine rings is 1. The summed E-state index contributed by atoms with van der Waals surface area (Å²) in [5.74, 6) is 2.36. The van der Waals surface area contributed by atoms with Crippen LogP contribution < -0.4 is 5.56 Å². The minimum atomic E-state index is 0.0652. The van der Waals surface area contributed by atoms with Gasteiger partial charge < -0.3 is 4.57 Å².